The van der Waals surface area contributed by atoms with Crippen LogP contribution in [0.2, 0.25) is 0 Å². The van der Waals surface area contributed by atoms with E-state index in [-0.39, 0.29) is 16.5 Å². The summed E-state index contributed by atoms with van der Waals surface area (Å²) in [5.74, 6) is -1.23. The Hall–Kier alpha value is -3.18. The van der Waals surface area contributed by atoms with Gasteiger partial charge in [0.2, 0.25) is 12.3 Å². The number of azide groups is 1. The van der Waals surface area contributed by atoms with Gasteiger partial charge in [0.25, 0.3) is 5.91 Å². The Morgan fingerprint density at radius 3 is 3.04 bits per heavy atom. The molecule has 2 heterocycles. The summed E-state index contributed by atoms with van der Waals surface area (Å²) in [6.07, 6.45) is -0.429. The molecule has 23 heavy (non-hydrogen) atoms. The van der Waals surface area contributed by atoms with Crippen molar-refractivity contribution in [2.24, 2.45) is 10.3 Å². The predicted molar refractivity (Wildman–Crippen MR) is 78.4 cm³/mol. The van der Waals surface area contributed by atoms with Gasteiger partial charge in [0.05, 0.1) is 0 Å². The molecule has 0 aromatic carbocycles. The molecule has 3 N–H and O–H groups in total. The minimum absolute atomic E-state index is 0.152. The molecule has 1 saturated heterocycles. The highest BCUT2D eigenvalue weighted by molar-refractivity contribution is 7.14. The molecule has 3 amide bonds. The van der Waals surface area contributed by atoms with Crippen molar-refractivity contribution in [3.05, 3.63) is 21.5 Å². The molecule has 0 spiro atoms. The van der Waals surface area contributed by atoms with Crippen LogP contribution < -0.4 is 16.0 Å². The molecule has 2 atom stereocenters. The number of rotatable bonds is 7. The monoisotopic (exact) mass is 338 g/mol. The second kappa shape index (κ2) is 7.20. The van der Waals surface area contributed by atoms with Crippen molar-refractivity contribution >= 4 is 40.4 Å². The maximum absolute atomic E-state index is 12.2. The fraction of sp³-hybridized carbons (Fsp3) is 0.300. The standard InChI is InChI=1S/C10H10N8O4S/c1-22-17-5(4-2-23-10(13-4)12-3-19)8(20)14-6-7(16-18-11)15-9(6)21/h2-3,6-7H,1H3,(H,14,20)(H,15,21)(H,12,13,19)/t6-,7+/m0/s1. The van der Waals surface area contributed by atoms with Crippen LogP contribution in [0, 0.1) is 0 Å². The van der Waals surface area contributed by atoms with Crippen LogP contribution in [0.15, 0.2) is 15.7 Å². The fourth-order valence-electron chi connectivity index (χ4n) is 1.67. The second-order valence-corrected chi connectivity index (χ2v) is 4.89. The number of hydrogen-bond donors (Lipinski definition) is 3. The van der Waals surface area contributed by atoms with Gasteiger partial charge in [-0.15, -0.1) is 11.3 Å². The Morgan fingerprint density at radius 2 is 2.43 bits per heavy atom. The van der Waals surface area contributed by atoms with Crippen molar-refractivity contribution in [1.82, 2.24) is 15.6 Å². The predicted octanol–water partition coefficient (Wildman–Crippen LogP) is -0.687. The van der Waals surface area contributed by atoms with E-state index in [0.29, 0.717) is 6.41 Å². The molecule has 0 saturated carbocycles. The number of aromatic nitrogens is 1. The van der Waals surface area contributed by atoms with Gasteiger partial charge in [-0.3, -0.25) is 14.4 Å². The maximum Gasteiger partial charge on any atom is 0.276 e. The third-order valence-corrected chi connectivity index (χ3v) is 3.45. The first kappa shape index (κ1) is 16.2. The molecule has 1 fully saturated rings. The Labute approximate surface area is 132 Å². The third kappa shape index (κ3) is 3.53. The van der Waals surface area contributed by atoms with E-state index in [0.717, 1.165) is 11.3 Å². The smallest absolute Gasteiger partial charge is 0.276 e. The van der Waals surface area contributed by atoms with Gasteiger partial charge in [-0.05, 0) is 5.53 Å². The van der Waals surface area contributed by atoms with E-state index >= 15 is 0 Å². The maximum atomic E-state index is 12.2. The van der Waals surface area contributed by atoms with E-state index < -0.39 is 24.0 Å². The lowest BCUT2D eigenvalue weighted by atomic mass is 10.1. The van der Waals surface area contributed by atoms with Crippen LogP contribution in [0.4, 0.5) is 5.13 Å². The molecule has 120 valence electrons. The Balaban J connectivity index is 2.15. The summed E-state index contributed by atoms with van der Waals surface area (Å²) >= 11 is 1.08. The molecule has 1 aliphatic rings. The second-order valence-electron chi connectivity index (χ2n) is 4.03. The molecule has 0 bridgehead atoms. The summed E-state index contributed by atoms with van der Waals surface area (Å²) < 4.78 is 0. The number of nitrogens with zero attached hydrogens (tertiary/aromatic N) is 5. The summed E-state index contributed by atoms with van der Waals surface area (Å²) in [7, 11) is 1.24. The minimum Gasteiger partial charge on any atom is -0.398 e. The average molecular weight is 338 g/mol. The molecular formula is C10H10N8O4S. The number of anilines is 1. The van der Waals surface area contributed by atoms with Crippen LogP contribution in [0.25, 0.3) is 10.4 Å². The number of carbonyl (C=O) groups is 3. The molecule has 1 aliphatic heterocycles. The van der Waals surface area contributed by atoms with Gasteiger partial charge in [-0.25, -0.2) is 4.98 Å². The van der Waals surface area contributed by atoms with Crippen LogP contribution in [0.5, 0.6) is 0 Å². The van der Waals surface area contributed by atoms with E-state index in [9.17, 15) is 14.4 Å². The Kier molecular flexibility index (Phi) is 5.07. The van der Waals surface area contributed by atoms with Gasteiger partial charge < -0.3 is 20.8 Å². The minimum atomic E-state index is -1.01. The van der Waals surface area contributed by atoms with Gasteiger partial charge in [-0.1, -0.05) is 10.3 Å². The number of amides is 3. The lowest BCUT2D eigenvalue weighted by Crippen LogP contribution is -2.68. The molecule has 0 aliphatic carbocycles. The molecule has 13 heteroatoms. The van der Waals surface area contributed by atoms with E-state index in [2.05, 4.69) is 41.0 Å². The lowest BCUT2D eigenvalue weighted by Gasteiger charge is -2.33. The van der Waals surface area contributed by atoms with Crippen molar-refractivity contribution in [2.75, 3.05) is 12.4 Å². The molecule has 0 unspecified atom stereocenters. The Morgan fingerprint density at radius 1 is 1.65 bits per heavy atom. The molecule has 0 radical (unpaired) electrons. The van der Waals surface area contributed by atoms with Crippen molar-refractivity contribution in [3.63, 3.8) is 0 Å². The van der Waals surface area contributed by atoms with E-state index in [1.165, 1.54) is 12.5 Å². The fourth-order valence-corrected chi connectivity index (χ4v) is 2.32. The Bertz CT molecular complexity index is 709. The number of hydrogen-bond acceptors (Lipinski definition) is 8. The summed E-state index contributed by atoms with van der Waals surface area (Å²) in [5, 5.41) is 15.7. The molecule has 12 nitrogen and oxygen atoms in total. The zero-order valence-electron chi connectivity index (χ0n) is 11.6. The first-order valence-electron chi connectivity index (χ1n) is 6.03. The normalized spacial score (nSPS) is 19.7. The number of oxime groups is 1. The van der Waals surface area contributed by atoms with Gasteiger partial charge >= 0.3 is 0 Å². The van der Waals surface area contributed by atoms with E-state index in [4.69, 9.17) is 5.53 Å². The summed E-state index contributed by atoms with van der Waals surface area (Å²) in [4.78, 5) is 45.2. The van der Waals surface area contributed by atoms with Crippen LogP contribution >= 0.6 is 11.3 Å². The summed E-state index contributed by atoms with van der Waals surface area (Å²) in [6, 6.07) is -1.01. The SMILES string of the molecule is CON=C(C(=O)N[C@@H]1C(=O)N[C@@H]1N=[N+]=[N-])c1csc(NC=O)n1. The third-order valence-electron chi connectivity index (χ3n) is 2.68. The number of nitrogens with one attached hydrogen (secondary N) is 3. The van der Waals surface area contributed by atoms with Gasteiger partial charge in [0.15, 0.2) is 10.8 Å². The molecule has 1 aromatic heterocycles. The van der Waals surface area contributed by atoms with Crippen LogP contribution in [0.1, 0.15) is 5.69 Å². The summed E-state index contributed by atoms with van der Waals surface area (Å²) in [5.41, 5.74) is 8.33. The van der Waals surface area contributed by atoms with Crippen molar-refractivity contribution < 1.29 is 19.2 Å². The zero-order valence-corrected chi connectivity index (χ0v) is 12.4. The molecule has 1 aromatic rings. The first-order chi connectivity index (χ1) is 11.1. The van der Waals surface area contributed by atoms with E-state index in [1.54, 1.807) is 0 Å². The van der Waals surface area contributed by atoms with Crippen molar-refractivity contribution in [2.45, 2.75) is 12.2 Å². The number of β-lactam (4-membered cyclic amide) rings is 1. The van der Waals surface area contributed by atoms with Crippen LogP contribution in [-0.4, -0.2) is 48.2 Å². The molecular weight excluding hydrogens is 328 g/mol. The van der Waals surface area contributed by atoms with Crippen molar-refractivity contribution in [3.8, 4) is 0 Å². The van der Waals surface area contributed by atoms with Gasteiger partial charge in [-0.2, -0.15) is 0 Å². The van der Waals surface area contributed by atoms with Crippen LogP contribution in [-0.2, 0) is 19.2 Å². The first-order valence-corrected chi connectivity index (χ1v) is 6.91. The highest BCUT2D eigenvalue weighted by Gasteiger charge is 2.40. The van der Waals surface area contributed by atoms with Gasteiger partial charge in [0.1, 0.15) is 25.0 Å². The quantitative estimate of drug-likeness (QED) is 0.113. The van der Waals surface area contributed by atoms with Crippen molar-refractivity contribution in [1.29, 1.82) is 0 Å². The van der Waals surface area contributed by atoms with Crippen LogP contribution in [0.3, 0.4) is 0 Å². The average Bonchev–Trinajstić information content (AvgIpc) is 2.98. The number of carbonyl (C=O) groups excluding carboxylic acids is 3. The highest BCUT2D eigenvalue weighted by atomic mass is 32.1. The highest BCUT2D eigenvalue weighted by Crippen LogP contribution is 2.16. The molecule has 2 rings (SSSR count). The van der Waals surface area contributed by atoms with E-state index in [1.807, 2.05) is 0 Å². The topological polar surface area (TPSA) is 171 Å². The number of thiazole rings is 1. The summed E-state index contributed by atoms with van der Waals surface area (Å²) in [6.45, 7) is 0. The zero-order chi connectivity index (χ0) is 16.8. The van der Waals surface area contributed by atoms with Gasteiger partial charge in [0, 0.05) is 10.3 Å². The lowest BCUT2D eigenvalue weighted by molar-refractivity contribution is -0.134. The largest absolute Gasteiger partial charge is 0.398 e.